The Hall–Kier alpha value is -2.28. The Morgan fingerprint density at radius 2 is 1.91 bits per heavy atom. The van der Waals surface area contributed by atoms with Gasteiger partial charge in [-0.3, -0.25) is 4.79 Å². The van der Waals surface area contributed by atoms with Crippen LogP contribution in [-0.4, -0.2) is 10.4 Å². The number of fused-ring (bicyclic) bond motifs is 1. The first-order chi connectivity index (χ1) is 11.0. The number of carbonyl (C=O) groups excluding carboxylic acids is 1. The van der Waals surface area contributed by atoms with Gasteiger partial charge in [-0.05, 0) is 35.7 Å². The smallest absolute Gasteiger partial charge is 0.187 e. The molecule has 1 unspecified atom stereocenters. The molecule has 0 aliphatic carbocycles. The quantitative estimate of drug-likeness (QED) is 0.630. The van der Waals surface area contributed by atoms with Crippen LogP contribution in [0.4, 0.5) is 0 Å². The van der Waals surface area contributed by atoms with Crippen molar-refractivity contribution in [2.75, 3.05) is 0 Å². The van der Waals surface area contributed by atoms with E-state index < -0.39 is 5.92 Å². The highest BCUT2D eigenvalue weighted by molar-refractivity contribution is 6.37. The first-order valence-electron chi connectivity index (χ1n) is 6.96. The lowest BCUT2D eigenvalue weighted by Crippen LogP contribution is -2.14. The number of carbonyl (C=O) groups is 1. The number of aryl methyl sites for hydroxylation is 1. The lowest BCUT2D eigenvalue weighted by atomic mass is 9.95. The second-order valence-corrected chi connectivity index (χ2v) is 6.08. The van der Waals surface area contributed by atoms with Crippen LogP contribution in [0, 0.1) is 11.3 Å². The molecule has 0 amide bonds. The summed E-state index contributed by atoms with van der Waals surface area (Å²) in [5.74, 6) is -1.26. The average Bonchev–Trinajstić information content (AvgIpc) is 2.85. The highest BCUT2D eigenvalue weighted by atomic mass is 35.5. The molecule has 0 fully saturated rings. The largest absolute Gasteiger partial charge is 0.346 e. The number of ketones is 1. The zero-order valence-electron chi connectivity index (χ0n) is 12.3. The maximum Gasteiger partial charge on any atom is 0.187 e. The van der Waals surface area contributed by atoms with Crippen LogP contribution >= 0.6 is 23.2 Å². The molecule has 5 heteroatoms. The summed E-state index contributed by atoms with van der Waals surface area (Å²) < 4.78 is 1.87. The van der Waals surface area contributed by atoms with Gasteiger partial charge in [0.05, 0.1) is 11.1 Å². The SMILES string of the molecule is Cn1c(C(C#N)C(=O)c2ccc(Cl)cc2Cl)cc2ccccc21. The van der Waals surface area contributed by atoms with Crippen molar-refractivity contribution in [1.29, 1.82) is 5.26 Å². The summed E-state index contributed by atoms with van der Waals surface area (Å²) in [5, 5.41) is 11.2. The van der Waals surface area contributed by atoms with E-state index in [-0.39, 0.29) is 10.8 Å². The monoisotopic (exact) mass is 342 g/mol. The number of Topliss-reactive ketones (excluding diaryl/α,β-unsaturated/α-hetero) is 1. The average molecular weight is 343 g/mol. The molecule has 3 nitrogen and oxygen atoms in total. The van der Waals surface area contributed by atoms with Crippen LogP contribution in [0.2, 0.25) is 10.0 Å². The first kappa shape index (κ1) is 15.6. The fraction of sp³-hybridized carbons (Fsp3) is 0.111. The summed E-state index contributed by atoms with van der Waals surface area (Å²) in [5.41, 5.74) is 1.91. The predicted molar refractivity (Wildman–Crippen MR) is 92.1 cm³/mol. The van der Waals surface area contributed by atoms with Crippen LogP contribution in [-0.2, 0) is 7.05 Å². The maximum atomic E-state index is 12.8. The van der Waals surface area contributed by atoms with E-state index in [0.29, 0.717) is 16.3 Å². The summed E-state index contributed by atoms with van der Waals surface area (Å²) in [6, 6.07) is 16.4. The fourth-order valence-corrected chi connectivity index (χ4v) is 3.19. The Balaban J connectivity index is 2.10. The number of nitriles is 1. The summed E-state index contributed by atoms with van der Waals surface area (Å²) in [6.45, 7) is 0. The van der Waals surface area contributed by atoms with E-state index in [1.807, 2.05) is 41.9 Å². The standard InChI is InChI=1S/C18H12Cl2N2O/c1-22-16-5-3-2-4-11(16)8-17(22)14(10-21)18(23)13-7-6-12(19)9-15(13)20/h2-9,14H,1H3. The van der Waals surface area contributed by atoms with Crippen molar-refractivity contribution in [1.82, 2.24) is 4.57 Å². The number of hydrogen-bond donors (Lipinski definition) is 0. The summed E-state index contributed by atoms with van der Waals surface area (Å²) in [7, 11) is 1.85. The molecule has 23 heavy (non-hydrogen) atoms. The minimum absolute atomic E-state index is 0.251. The minimum Gasteiger partial charge on any atom is -0.346 e. The van der Waals surface area contributed by atoms with E-state index in [9.17, 15) is 10.1 Å². The molecule has 1 heterocycles. The lowest BCUT2D eigenvalue weighted by molar-refractivity contribution is 0.0977. The van der Waals surface area contributed by atoms with Gasteiger partial charge in [0.2, 0.25) is 0 Å². The van der Waals surface area contributed by atoms with Crippen LogP contribution in [0.1, 0.15) is 22.0 Å². The van der Waals surface area contributed by atoms with Crippen molar-refractivity contribution in [3.63, 3.8) is 0 Å². The highest BCUT2D eigenvalue weighted by Crippen LogP contribution is 2.30. The second-order valence-electron chi connectivity index (χ2n) is 5.24. The molecular weight excluding hydrogens is 331 g/mol. The molecule has 0 bridgehead atoms. The Morgan fingerprint density at radius 3 is 2.57 bits per heavy atom. The lowest BCUT2D eigenvalue weighted by Gasteiger charge is -2.11. The number of para-hydroxylation sites is 1. The summed E-state index contributed by atoms with van der Waals surface area (Å²) in [6.07, 6.45) is 0. The Labute approximate surface area is 143 Å². The van der Waals surface area contributed by atoms with E-state index >= 15 is 0 Å². The van der Waals surface area contributed by atoms with Gasteiger partial charge in [0.15, 0.2) is 5.78 Å². The van der Waals surface area contributed by atoms with Crippen molar-refractivity contribution in [3.05, 3.63) is 69.8 Å². The Bertz CT molecular complexity index is 953. The highest BCUT2D eigenvalue weighted by Gasteiger charge is 2.26. The van der Waals surface area contributed by atoms with E-state index in [1.165, 1.54) is 6.07 Å². The molecule has 0 radical (unpaired) electrons. The number of nitrogens with zero attached hydrogens (tertiary/aromatic N) is 2. The first-order valence-corrected chi connectivity index (χ1v) is 7.71. The third-order valence-electron chi connectivity index (χ3n) is 3.87. The van der Waals surface area contributed by atoms with Gasteiger partial charge >= 0.3 is 0 Å². The molecule has 0 aliphatic heterocycles. The fourth-order valence-electron chi connectivity index (χ4n) is 2.69. The van der Waals surface area contributed by atoms with Crippen LogP contribution in [0.3, 0.4) is 0 Å². The molecule has 0 N–H and O–H groups in total. The molecule has 0 saturated heterocycles. The molecule has 1 atom stereocenters. The van der Waals surface area contributed by atoms with Crippen molar-refractivity contribution < 1.29 is 4.79 Å². The van der Waals surface area contributed by atoms with Crippen LogP contribution in [0.25, 0.3) is 10.9 Å². The molecule has 0 spiro atoms. The third-order valence-corrected chi connectivity index (χ3v) is 4.42. The minimum atomic E-state index is -0.925. The molecule has 1 aromatic heterocycles. The zero-order valence-corrected chi connectivity index (χ0v) is 13.8. The van der Waals surface area contributed by atoms with Gasteiger partial charge in [0.1, 0.15) is 5.92 Å². The van der Waals surface area contributed by atoms with Gasteiger partial charge in [0.25, 0.3) is 0 Å². The van der Waals surface area contributed by atoms with E-state index in [0.717, 1.165) is 10.9 Å². The predicted octanol–water partition coefficient (Wildman–Crippen LogP) is 4.98. The van der Waals surface area contributed by atoms with Gasteiger partial charge < -0.3 is 4.57 Å². The maximum absolute atomic E-state index is 12.8. The van der Waals surface area contributed by atoms with E-state index in [1.54, 1.807) is 12.1 Å². The van der Waals surface area contributed by atoms with Crippen molar-refractivity contribution in [2.24, 2.45) is 7.05 Å². The van der Waals surface area contributed by atoms with Crippen molar-refractivity contribution >= 4 is 39.9 Å². The number of halogens is 2. The molecule has 3 aromatic rings. The number of rotatable bonds is 3. The third kappa shape index (κ3) is 2.72. The molecule has 114 valence electrons. The number of aromatic nitrogens is 1. The van der Waals surface area contributed by atoms with Crippen LogP contribution < -0.4 is 0 Å². The van der Waals surface area contributed by atoms with Gasteiger partial charge in [-0.1, -0.05) is 41.4 Å². The van der Waals surface area contributed by atoms with E-state index in [4.69, 9.17) is 23.2 Å². The van der Waals surface area contributed by atoms with Crippen LogP contribution in [0.15, 0.2) is 48.5 Å². The molecule has 2 aromatic carbocycles. The van der Waals surface area contributed by atoms with Gasteiger partial charge in [-0.2, -0.15) is 5.26 Å². The van der Waals surface area contributed by atoms with Gasteiger partial charge in [0, 0.05) is 28.8 Å². The normalized spacial score (nSPS) is 12.1. The second kappa shape index (κ2) is 6.08. The van der Waals surface area contributed by atoms with E-state index in [2.05, 4.69) is 6.07 Å². The molecule has 0 saturated carbocycles. The topological polar surface area (TPSA) is 45.8 Å². The molecule has 3 rings (SSSR count). The Morgan fingerprint density at radius 1 is 1.17 bits per heavy atom. The number of benzene rings is 2. The summed E-state index contributed by atoms with van der Waals surface area (Å²) >= 11 is 12.0. The number of hydrogen-bond acceptors (Lipinski definition) is 2. The van der Waals surface area contributed by atoms with Crippen LogP contribution in [0.5, 0.6) is 0 Å². The van der Waals surface area contributed by atoms with Gasteiger partial charge in [-0.15, -0.1) is 0 Å². The molecule has 0 aliphatic rings. The van der Waals surface area contributed by atoms with Crippen molar-refractivity contribution in [3.8, 4) is 6.07 Å². The Kier molecular flexibility index (Phi) is 4.12. The zero-order chi connectivity index (χ0) is 16.6. The van der Waals surface area contributed by atoms with Gasteiger partial charge in [-0.25, -0.2) is 0 Å². The van der Waals surface area contributed by atoms with Crippen molar-refractivity contribution in [2.45, 2.75) is 5.92 Å². The molecular formula is C18H12Cl2N2O. The summed E-state index contributed by atoms with van der Waals surface area (Å²) in [4.78, 5) is 12.8.